The monoisotopic (exact) mass is 413 g/mol. The van der Waals surface area contributed by atoms with E-state index in [1.54, 1.807) is 0 Å². The number of nitrogens with one attached hydrogen (secondary N) is 1. The summed E-state index contributed by atoms with van der Waals surface area (Å²) in [4.78, 5) is 17.4. The second kappa shape index (κ2) is 9.15. The van der Waals surface area contributed by atoms with Crippen molar-refractivity contribution >= 4 is 28.1 Å². The highest BCUT2D eigenvalue weighted by Gasteiger charge is 2.16. The van der Waals surface area contributed by atoms with Gasteiger partial charge in [0.1, 0.15) is 5.71 Å². The lowest BCUT2D eigenvalue weighted by molar-refractivity contribution is -0.129. The van der Waals surface area contributed by atoms with Gasteiger partial charge >= 0.3 is 5.97 Å². The fraction of sp³-hybridized carbons (Fsp3) is 0.0417. The molecule has 0 fully saturated rings. The van der Waals surface area contributed by atoms with Crippen LogP contribution in [0, 0.1) is 0 Å². The predicted molar refractivity (Wildman–Crippen MR) is 122 cm³/mol. The average molecular weight is 414 g/mol. The number of benzene rings is 3. The SMILES string of the molecule is O=C(O)/C(Cc1ccccc1)=N\Nc1nc(-c2ccccc2)c(-c2ccccc2)s1. The minimum atomic E-state index is -1.06. The number of nitrogens with zero attached hydrogens (tertiary/aromatic N) is 2. The fourth-order valence-corrected chi connectivity index (χ4v) is 3.95. The Morgan fingerprint density at radius 3 is 2.03 bits per heavy atom. The topological polar surface area (TPSA) is 74.6 Å². The molecule has 0 amide bonds. The van der Waals surface area contributed by atoms with Crippen molar-refractivity contribution in [1.82, 2.24) is 4.98 Å². The van der Waals surface area contributed by atoms with Crippen LogP contribution in [-0.4, -0.2) is 21.8 Å². The van der Waals surface area contributed by atoms with Gasteiger partial charge in [-0.1, -0.05) is 102 Å². The number of aromatic nitrogens is 1. The minimum absolute atomic E-state index is 0.0268. The first-order valence-electron chi connectivity index (χ1n) is 9.42. The van der Waals surface area contributed by atoms with Gasteiger partial charge in [-0.15, -0.1) is 0 Å². The molecule has 2 N–H and O–H groups in total. The van der Waals surface area contributed by atoms with Crippen LogP contribution in [0.15, 0.2) is 96.1 Å². The number of rotatable bonds is 7. The van der Waals surface area contributed by atoms with Crippen molar-refractivity contribution in [2.75, 3.05) is 5.43 Å². The first-order chi connectivity index (χ1) is 14.7. The summed E-state index contributed by atoms with van der Waals surface area (Å²) in [5.74, 6) is -1.06. The van der Waals surface area contributed by atoms with E-state index >= 15 is 0 Å². The van der Waals surface area contributed by atoms with Gasteiger partial charge in [-0.05, 0) is 11.1 Å². The summed E-state index contributed by atoms with van der Waals surface area (Å²) in [6.07, 6.45) is 0.228. The molecule has 3 aromatic carbocycles. The van der Waals surface area contributed by atoms with Crippen molar-refractivity contribution in [3.05, 3.63) is 96.6 Å². The van der Waals surface area contributed by atoms with Crippen LogP contribution >= 0.6 is 11.3 Å². The summed E-state index contributed by atoms with van der Waals surface area (Å²) in [6, 6.07) is 29.3. The number of hydrazone groups is 1. The fourth-order valence-electron chi connectivity index (χ4n) is 3.01. The van der Waals surface area contributed by atoms with E-state index < -0.39 is 5.97 Å². The van der Waals surface area contributed by atoms with Crippen LogP contribution < -0.4 is 5.43 Å². The number of hydrogen-bond donors (Lipinski definition) is 2. The van der Waals surface area contributed by atoms with Crippen molar-refractivity contribution in [3.63, 3.8) is 0 Å². The van der Waals surface area contributed by atoms with Gasteiger partial charge in [-0.25, -0.2) is 9.78 Å². The van der Waals surface area contributed by atoms with Crippen molar-refractivity contribution < 1.29 is 9.90 Å². The Morgan fingerprint density at radius 2 is 1.43 bits per heavy atom. The van der Waals surface area contributed by atoms with Gasteiger partial charge in [0.15, 0.2) is 0 Å². The third-order valence-corrected chi connectivity index (χ3v) is 5.47. The van der Waals surface area contributed by atoms with E-state index in [2.05, 4.69) is 10.5 Å². The Labute approximate surface area is 178 Å². The van der Waals surface area contributed by atoms with Crippen LogP contribution in [0.3, 0.4) is 0 Å². The smallest absolute Gasteiger partial charge is 0.352 e. The Kier molecular flexibility index (Phi) is 5.96. The number of carboxylic acids is 1. The number of anilines is 1. The van der Waals surface area contributed by atoms with E-state index in [9.17, 15) is 9.90 Å². The lowest BCUT2D eigenvalue weighted by Crippen LogP contribution is -2.17. The molecule has 0 radical (unpaired) electrons. The van der Waals surface area contributed by atoms with Gasteiger partial charge in [-0.2, -0.15) is 5.10 Å². The molecule has 30 heavy (non-hydrogen) atoms. The second-order valence-electron chi connectivity index (χ2n) is 6.57. The molecule has 0 saturated heterocycles. The normalized spacial score (nSPS) is 11.3. The van der Waals surface area contributed by atoms with Gasteiger partial charge in [0.05, 0.1) is 10.6 Å². The highest BCUT2D eigenvalue weighted by molar-refractivity contribution is 7.19. The summed E-state index contributed by atoms with van der Waals surface area (Å²) >= 11 is 1.45. The Balaban J connectivity index is 1.66. The quantitative estimate of drug-likeness (QED) is 0.307. The maximum Gasteiger partial charge on any atom is 0.352 e. The largest absolute Gasteiger partial charge is 0.477 e. The number of hydrogen-bond acceptors (Lipinski definition) is 5. The van der Waals surface area contributed by atoms with Crippen molar-refractivity contribution in [3.8, 4) is 21.7 Å². The highest BCUT2D eigenvalue weighted by Crippen LogP contribution is 2.38. The average Bonchev–Trinajstić information content (AvgIpc) is 3.23. The minimum Gasteiger partial charge on any atom is -0.477 e. The maximum atomic E-state index is 11.7. The third kappa shape index (κ3) is 4.61. The molecule has 6 heteroatoms. The van der Waals surface area contributed by atoms with Gasteiger partial charge in [0, 0.05) is 12.0 Å². The summed E-state index contributed by atoms with van der Waals surface area (Å²) in [5, 5.41) is 14.2. The van der Waals surface area contributed by atoms with E-state index in [-0.39, 0.29) is 12.1 Å². The Hall–Kier alpha value is -3.77. The van der Waals surface area contributed by atoms with Crippen LogP contribution in [0.5, 0.6) is 0 Å². The Morgan fingerprint density at radius 1 is 0.867 bits per heavy atom. The van der Waals surface area contributed by atoms with E-state index in [0.717, 1.165) is 27.3 Å². The van der Waals surface area contributed by atoms with Crippen LogP contribution in [-0.2, 0) is 11.2 Å². The standard InChI is InChI=1S/C24H19N3O2S/c28-23(29)20(16-17-10-4-1-5-11-17)26-27-24-25-21(18-12-6-2-7-13-18)22(30-24)19-14-8-3-9-15-19/h1-15H,16H2,(H,25,27)(H,28,29)/b26-20-. The third-order valence-electron chi connectivity index (χ3n) is 4.46. The molecule has 0 aliphatic heterocycles. The molecule has 0 aliphatic carbocycles. The first-order valence-corrected chi connectivity index (χ1v) is 10.2. The summed E-state index contributed by atoms with van der Waals surface area (Å²) in [6.45, 7) is 0. The zero-order chi connectivity index (χ0) is 20.8. The van der Waals surface area contributed by atoms with Crippen LogP contribution in [0.25, 0.3) is 21.7 Å². The van der Waals surface area contributed by atoms with Crippen LogP contribution in [0.2, 0.25) is 0 Å². The lowest BCUT2D eigenvalue weighted by atomic mass is 10.1. The summed E-state index contributed by atoms with van der Waals surface area (Å²) in [5.41, 5.74) is 6.65. The Bertz CT molecular complexity index is 1100. The molecule has 4 rings (SSSR count). The molecule has 1 aromatic heterocycles. The zero-order valence-electron chi connectivity index (χ0n) is 16.0. The van der Waals surface area contributed by atoms with E-state index in [1.165, 1.54) is 11.3 Å². The van der Waals surface area contributed by atoms with Crippen LogP contribution in [0.4, 0.5) is 5.13 Å². The molecule has 5 nitrogen and oxygen atoms in total. The van der Waals surface area contributed by atoms with E-state index in [4.69, 9.17) is 4.98 Å². The predicted octanol–water partition coefficient (Wildman–Crippen LogP) is 5.57. The van der Waals surface area contributed by atoms with Crippen molar-refractivity contribution in [2.24, 2.45) is 5.10 Å². The zero-order valence-corrected chi connectivity index (χ0v) is 16.8. The van der Waals surface area contributed by atoms with E-state index in [0.29, 0.717) is 5.13 Å². The van der Waals surface area contributed by atoms with Gasteiger partial charge in [-0.3, -0.25) is 5.43 Å². The molecular formula is C24H19N3O2S. The van der Waals surface area contributed by atoms with Crippen LogP contribution in [0.1, 0.15) is 5.56 Å². The van der Waals surface area contributed by atoms with E-state index in [1.807, 2.05) is 91.0 Å². The molecule has 148 valence electrons. The van der Waals surface area contributed by atoms with Gasteiger partial charge in [0.2, 0.25) is 5.13 Å². The molecular weight excluding hydrogens is 394 g/mol. The molecule has 0 saturated carbocycles. The van der Waals surface area contributed by atoms with Crippen molar-refractivity contribution in [1.29, 1.82) is 0 Å². The van der Waals surface area contributed by atoms with Gasteiger partial charge in [0.25, 0.3) is 0 Å². The van der Waals surface area contributed by atoms with Crippen molar-refractivity contribution in [2.45, 2.75) is 6.42 Å². The van der Waals surface area contributed by atoms with Gasteiger partial charge < -0.3 is 5.11 Å². The summed E-state index contributed by atoms with van der Waals surface area (Å²) in [7, 11) is 0. The summed E-state index contributed by atoms with van der Waals surface area (Å²) < 4.78 is 0. The molecule has 0 unspecified atom stereocenters. The first kappa shape index (κ1) is 19.5. The number of carboxylic acid groups (broad SMARTS) is 1. The lowest BCUT2D eigenvalue weighted by Gasteiger charge is -2.02. The number of carbonyl (C=O) groups is 1. The molecule has 0 spiro atoms. The number of thiazole rings is 1. The molecule has 0 bridgehead atoms. The number of aliphatic carboxylic acids is 1. The molecule has 0 atom stereocenters. The highest BCUT2D eigenvalue weighted by atomic mass is 32.1. The molecule has 1 heterocycles. The maximum absolute atomic E-state index is 11.7. The molecule has 4 aromatic rings. The molecule has 0 aliphatic rings. The second-order valence-corrected chi connectivity index (χ2v) is 7.57.